The molecular formula is C16H15N. The van der Waals surface area contributed by atoms with Crippen LogP contribution in [0.1, 0.15) is 25.0 Å². The molecule has 0 N–H and O–H groups in total. The van der Waals surface area contributed by atoms with E-state index in [-0.39, 0.29) is 5.41 Å². The third-order valence-corrected chi connectivity index (χ3v) is 3.81. The predicted octanol–water partition coefficient (Wildman–Crippen LogP) is 4.10. The van der Waals surface area contributed by atoms with Gasteiger partial charge in [-0.3, -0.25) is 4.99 Å². The summed E-state index contributed by atoms with van der Waals surface area (Å²) in [5, 5.41) is 0. The van der Waals surface area contributed by atoms with Crippen molar-refractivity contribution < 1.29 is 0 Å². The lowest BCUT2D eigenvalue weighted by Crippen LogP contribution is -2.28. The molecule has 17 heavy (non-hydrogen) atoms. The number of hydrogen-bond acceptors (Lipinski definition) is 1. The maximum Gasteiger partial charge on any atom is 0.0674 e. The van der Waals surface area contributed by atoms with Crippen LogP contribution in [0, 0.1) is 0 Å². The van der Waals surface area contributed by atoms with Crippen LogP contribution in [0.2, 0.25) is 0 Å². The van der Waals surface area contributed by atoms with Crippen LogP contribution in [0.15, 0.2) is 59.6 Å². The Balaban J connectivity index is 2.25. The molecule has 0 aliphatic carbocycles. The zero-order valence-electron chi connectivity index (χ0n) is 10.1. The monoisotopic (exact) mass is 221 g/mol. The Kier molecular flexibility index (Phi) is 2.15. The lowest BCUT2D eigenvalue weighted by atomic mass is 9.74. The van der Waals surface area contributed by atoms with Crippen LogP contribution >= 0.6 is 0 Å². The number of nitrogens with zero attached hydrogens (tertiary/aromatic N) is 1. The van der Waals surface area contributed by atoms with Gasteiger partial charge in [-0.2, -0.15) is 0 Å². The zero-order valence-corrected chi connectivity index (χ0v) is 10.1. The molecule has 1 atom stereocenters. The first-order chi connectivity index (χ1) is 8.23. The second-order valence-corrected chi connectivity index (χ2v) is 4.71. The van der Waals surface area contributed by atoms with Gasteiger partial charge in [-0.05, 0) is 31.0 Å². The normalized spacial score (nSPS) is 22.1. The van der Waals surface area contributed by atoms with E-state index in [4.69, 9.17) is 4.99 Å². The van der Waals surface area contributed by atoms with Crippen LogP contribution in [-0.4, -0.2) is 5.71 Å². The fourth-order valence-corrected chi connectivity index (χ4v) is 2.62. The maximum atomic E-state index is 4.70. The van der Waals surface area contributed by atoms with E-state index in [9.17, 15) is 0 Å². The van der Waals surface area contributed by atoms with Gasteiger partial charge in [0, 0.05) is 5.71 Å². The molecule has 1 nitrogen and oxygen atoms in total. The fraction of sp³-hybridized carbons (Fsp3) is 0.188. The molecule has 1 heterocycles. The van der Waals surface area contributed by atoms with E-state index in [1.165, 1.54) is 16.8 Å². The van der Waals surface area contributed by atoms with Gasteiger partial charge in [0.25, 0.3) is 0 Å². The van der Waals surface area contributed by atoms with E-state index >= 15 is 0 Å². The molecule has 0 amide bonds. The highest BCUT2D eigenvalue weighted by Gasteiger charge is 2.37. The Morgan fingerprint density at radius 1 is 0.882 bits per heavy atom. The molecule has 0 aromatic heterocycles. The highest BCUT2D eigenvalue weighted by Crippen LogP contribution is 2.44. The first kappa shape index (κ1) is 10.3. The van der Waals surface area contributed by atoms with Crippen molar-refractivity contribution in [2.75, 3.05) is 0 Å². The average Bonchev–Trinajstić information content (AvgIpc) is 2.64. The summed E-state index contributed by atoms with van der Waals surface area (Å²) in [5.74, 6) is 0. The van der Waals surface area contributed by atoms with Crippen LogP contribution in [0.25, 0.3) is 0 Å². The minimum absolute atomic E-state index is 0.0716. The molecule has 0 saturated heterocycles. The lowest BCUT2D eigenvalue weighted by Gasteiger charge is -2.26. The molecule has 2 aromatic carbocycles. The first-order valence-electron chi connectivity index (χ1n) is 5.94. The van der Waals surface area contributed by atoms with Gasteiger partial charge in [-0.1, -0.05) is 48.5 Å². The van der Waals surface area contributed by atoms with Crippen molar-refractivity contribution in [1.29, 1.82) is 0 Å². The van der Waals surface area contributed by atoms with Crippen LogP contribution in [0.5, 0.6) is 0 Å². The summed E-state index contributed by atoms with van der Waals surface area (Å²) < 4.78 is 0. The third-order valence-electron chi connectivity index (χ3n) is 3.81. The summed E-state index contributed by atoms with van der Waals surface area (Å²) in [6, 6.07) is 19.0. The maximum absolute atomic E-state index is 4.70. The number of hydrogen-bond donors (Lipinski definition) is 0. The number of rotatable bonds is 1. The Hall–Kier alpha value is -1.89. The molecule has 2 aromatic rings. The highest BCUT2D eigenvalue weighted by molar-refractivity contribution is 6.02. The lowest BCUT2D eigenvalue weighted by molar-refractivity contribution is 0.789. The van der Waals surface area contributed by atoms with Crippen LogP contribution in [0.3, 0.4) is 0 Å². The fourth-order valence-electron chi connectivity index (χ4n) is 2.62. The van der Waals surface area contributed by atoms with E-state index in [0.29, 0.717) is 0 Å². The summed E-state index contributed by atoms with van der Waals surface area (Å²) >= 11 is 0. The van der Waals surface area contributed by atoms with E-state index < -0.39 is 0 Å². The van der Waals surface area contributed by atoms with Crippen molar-refractivity contribution in [3.63, 3.8) is 0 Å². The molecule has 1 heteroatoms. The van der Waals surface area contributed by atoms with E-state index in [0.717, 1.165) is 5.69 Å². The molecule has 1 aliphatic rings. The minimum atomic E-state index is -0.0716. The van der Waals surface area contributed by atoms with Gasteiger partial charge in [-0.15, -0.1) is 0 Å². The smallest absolute Gasteiger partial charge is 0.0674 e. The van der Waals surface area contributed by atoms with Crippen molar-refractivity contribution in [1.82, 2.24) is 0 Å². The molecule has 0 spiro atoms. The van der Waals surface area contributed by atoms with Crippen molar-refractivity contribution in [2.45, 2.75) is 19.3 Å². The number of para-hydroxylation sites is 1. The molecule has 0 unspecified atom stereocenters. The van der Waals surface area contributed by atoms with Crippen LogP contribution in [0.4, 0.5) is 5.69 Å². The Bertz CT molecular complexity index is 583. The van der Waals surface area contributed by atoms with Gasteiger partial charge in [-0.25, -0.2) is 0 Å². The van der Waals surface area contributed by atoms with Gasteiger partial charge < -0.3 is 0 Å². The molecule has 0 bridgehead atoms. The van der Waals surface area contributed by atoms with Crippen molar-refractivity contribution in [2.24, 2.45) is 4.99 Å². The summed E-state index contributed by atoms with van der Waals surface area (Å²) in [5.41, 5.74) is 4.83. The van der Waals surface area contributed by atoms with Gasteiger partial charge in [0.15, 0.2) is 0 Å². The third kappa shape index (κ3) is 1.35. The Labute approximate surface area is 102 Å². The molecule has 0 fully saturated rings. The second-order valence-electron chi connectivity index (χ2n) is 4.71. The van der Waals surface area contributed by atoms with Crippen molar-refractivity contribution >= 4 is 11.4 Å². The molecule has 0 radical (unpaired) electrons. The van der Waals surface area contributed by atoms with E-state index in [1.807, 2.05) is 6.07 Å². The topological polar surface area (TPSA) is 12.4 Å². The number of fused-ring (bicyclic) bond motifs is 1. The predicted molar refractivity (Wildman–Crippen MR) is 72.1 cm³/mol. The van der Waals surface area contributed by atoms with Crippen molar-refractivity contribution in [3.8, 4) is 0 Å². The zero-order chi connectivity index (χ0) is 11.9. The number of aliphatic imine (C=N–C) groups is 1. The minimum Gasteiger partial charge on any atom is -0.257 e. The summed E-state index contributed by atoms with van der Waals surface area (Å²) in [6.45, 7) is 4.38. The van der Waals surface area contributed by atoms with Crippen LogP contribution in [-0.2, 0) is 5.41 Å². The second kappa shape index (κ2) is 3.56. The molecule has 84 valence electrons. The standard InChI is InChI=1S/C16H15N/c1-12-16(2,13-8-4-3-5-9-13)14-10-6-7-11-15(14)17-12/h3-11H,1-2H3/t16-/m1/s1. The van der Waals surface area contributed by atoms with E-state index in [1.54, 1.807) is 0 Å². The summed E-state index contributed by atoms with van der Waals surface area (Å²) in [4.78, 5) is 4.70. The largest absolute Gasteiger partial charge is 0.257 e. The highest BCUT2D eigenvalue weighted by atomic mass is 14.8. The first-order valence-corrected chi connectivity index (χ1v) is 5.94. The Morgan fingerprint density at radius 3 is 2.29 bits per heavy atom. The van der Waals surface area contributed by atoms with Gasteiger partial charge in [0.1, 0.15) is 0 Å². The van der Waals surface area contributed by atoms with Crippen LogP contribution < -0.4 is 0 Å². The molecule has 0 saturated carbocycles. The van der Waals surface area contributed by atoms with Gasteiger partial charge >= 0.3 is 0 Å². The molecule has 3 rings (SSSR count). The van der Waals surface area contributed by atoms with Gasteiger partial charge in [0.2, 0.25) is 0 Å². The van der Waals surface area contributed by atoms with Crippen molar-refractivity contribution in [3.05, 3.63) is 65.7 Å². The van der Waals surface area contributed by atoms with E-state index in [2.05, 4.69) is 62.4 Å². The molecular weight excluding hydrogens is 206 g/mol. The Morgan fingerprint density at radius 2 is 1.53 bits per heavy atom. The summed E-state index contributed by atoms with van der Waals surface area (Å²) in [7, 11) is 0. The summed E-state index contributed by atoms with van der Waals surface area (Å²) in [6.07, 6.45) is 0. The average molecular weight is 221 g/mol. The molecule has 1 aliphatic heterocycles. The van der Waals surface area contributed by atoms with Gasteiger partial charge in [0.05, 0.1) is 11.1 Å². The SMILES string of the molecule is CC1=Nc2ccccc2[C@@]1(C)c1ccccc1. The quantitative estimate of drug-likeness (QED) is 0.687. The number of benzene rings is 2.